The van der Waals surface area contributed by atoms with Gasteiger partial charge in [-0.15, -0.1) is 10.2 Å². The molecule has 4 heterocycles. The van der Waals surface area contributed by atoms with Crippen LogP contribution in [0.2, 0.25) is 0 Å². The molecule has 2 aromatic heterocycles. The Kier molecular flexibility index (Phi) is 6.33. The average Bonchev–Trinajstić information content (AvgIpc) is 3.32. The molecule has 2 saturated heterocycles. The molecule has 2 aliphatic rings. The molecule has 1 amide bonds. The molecule has 0 aromatic carbocycles. The molecule has 2 fully saturated rings. The van der Waals surface area contributed by atoms with E-state index in [0.29, 0.717) is 18.3 Å². The Hall–Kier alpha value is -2.97. The summed E-state index contributed by atoms with van der Waals surface area (Å²) in [5, 5.41) is 11.2. The van der Waals surface area contributed by atoms with Gasteiger partial charge in [0.05, 0.1) is 0 Å². The van der Waals surface area contributed by atoms with E-state index in [1.165, 1.54) is 12.8 Å². The first-order valence-corrected chi connectivity index (χ1v) is 10.3. The minimum absolute atomic E-state index is 0.0596. The van der Waals surface area contributed by atoms with Gasteiger partial charge < -0.3 is 19.9 Å². The fourth-order valence-corrected chi connectivity index (χ4v) is 3.82. The predicted molar refractivity (Wildman–Crippen MR) is 109 cm³/mol. The van der Waals surface area contributed by atoms with Crippen molar-refractivity contribution in [1.29, 1.82) is 0 Å². The lowest BCUT2D eigenvalue weighted by Gasteiger charge is -2.32. The van der Waals surface area contributed by atoms with E-state index in [-0.39, 0.29) is 12.5 Å². The van der Waals surface area contributed by atoms with Gasteiger partial charge >= 0.3 is 0 Å². The summed E-state index contributed by atoms with van der Waals surface area (Å²) < 4.78 is 5.48. The molecule has 29 heavy (non-hydrogen) atoms. The summed E-state index contributed by atoms with van der Waals surface area (Å²) in [6.45, 7) is 4.39. The lowest BCUT2D eigenvalue weighted by molar-refractivity contribution is -0.123. The van der Waals surface area contributed by atoms with Crippen molar-refractivity contribution >= 4 is 17.7 Å². The van der Waals surface area contributed by atoms with Crippen molar-refractivity contribution in [2.45, 2.75) is 25.7 Å². The normalized spacial score (nSPS) is 19.2. The largest absolute Gasteiger partial charge is 0.466 e. The number of nitrogens with zero attached hydrogens (tertiary/aromatic N) is 6. The molecule has 2 aromatic rings. The highest BCUT2D eigenvalue weighted by molar-refractivity contribution is 5.77. The first-order valence-electron chi connectivity index (χ1n) is 10.3. The van der Waals surface area contributed by atoms with Crippen LogP contribution in [-0.4, -0.2) is 65.4 Å². The molecule has 2 aliphatic heterocycles. The van der Waals surface area contributed by atoms with E-state index in [2.05, 4.69) is 35.3 Å². The Morgan fingerprint density at radius 3 is 2.62 bits per heavy atom. The molecule has 0 saturated carbocycles. The molecular weight excluding hydrogens is 370 g/mol. The number of piperidine rings is 1. The first-order chi connectivity index (χ1) is 14.3. The van der Waals surface area contributed by atoms with E-state index in [0.717, 1.165) is 50.8 Å². The van der Waals surface area contributed by atoms with Crippen molar-refractivity contribution in [3.63, 3.8) is 0 Å². The highest BCUT2D eigenvalue weighted by Crippen LogP contribution is 2.20. The molecule has 0 bridgehead atoms. The predicted octanol–water partition coefficient (Wildman–Crippen LogP) is 1.28. The van der Waals surface area contributed by atoms with E-state index in [1.54, 1.807) is 18.5 Å². The van der Waals surface area contributed by atoms with Crippen LogP contribution < -0.4 is 19.9 Å². The lowest BCUT2D eigenvalue weighted by atomic mass is 9.98. The number of aromatic nitrogens is 4. The van der Waals surface area contributed by atoms with Crippen molar-refractivity contribution in [1.82, 2.24) is 25.5 Å². The minimum Gasteiger partial charge on any atom is -0.466 e. The molecule has 0 radical (unpaired) electrons. The number of rotatable bonds is 7. The van der Waals surface area contributed by atoms with Crippen LogP contribution >= 0.6 is 0 Å². The van der Waals surface area contributed by atoms with Gasteiger partial charge in [0.25, 0.3) is 5.91 Å². The number of carbonyl (C=O) groups excluding carboxylic acids is 1. The van der Waals surface area contributed by atoms with Crippen LogP contribution in [0.5, 0.6) is 5.88 Å². The molecule has 4 rings (SSSR count). The fraction of sp³-hybridized carbons (Fsp3) is 0.550. The van der Waals surface area contributed by atoms with Crippen molar-refractivity contribution in [2.24, 2.45) is 5.92 Å². The smallest absolute Gasteiger partial charge is 0.258 e. The molecular formula is C20H27N7O2. The molecule has 154 valence electrons. The lowest BCUT2D eigenvalue weighted by Crippen LogP contribution is -2.42. The maximum Gasteiger partial charge on any atom is 0.258 e. The van der Waals surface area contributed by atoms with Gasteiger partial charge in [-0.2, -0.15) is 0 Å². The zero-order chi connectivity index (χ0) is 19.9. The van der Waals surface area contributed by atoms with Crippen LogP contribution in [0, 0.1) is 5.92 Å². The Morgan fingerprint density at radius 1 is 1.07 bits per heavy atom. The Labute approximate surface area is 170 Å². The van der Waals surface area contributed by atoms with Crippen molar-refractivity contribution in [3.8, 4) is 5.88 Å². The fourth-order valence-electron chi connectivity index (χ4n) is 3.82. The van der Waals surface area contributed by atoms with E-state index < -0.39 is 0 Å². The third-order valence-corrected chi connectivity index (χ3v) is 5.35. The van der Waals surface area contributed by atoms with Crippen LogP contribution in [0.3, 0.4) is 0 Å². The summed E-state index contributed by atoms with van der Waals surface area (Å²) in [6, 6.07) is 5.48. The molecule has 9 nitrogen and oxygen atoms in total. The Balaban J connectivity index is 1.19. The Morgan fingerprint density at radius 2 is 1.86 bits per heavy atom. The van der Waals surface area contributed by atoms with Gasteiger partial charge in [-0.3, -0.25) is 4.79 Å². The van der Waals surface area contributed by atoms with Gasteiger partial charge in [0, 0.05) is 51.2 Å². The summed E-state index contributed by atoms with van der Waals surface area (Å²) in [5.41, 5.74) is 0. The Bertz CT molecular complexity index is 781. The maximum absolute atomic E-state index is 12.2. The second kappa shape index (κ2) is 9.49. The van der Waals surface area contributed by atoms with Crippen LogP contribution in [0.4, 0.5) is 11.8 Å². The SMILES string of the molecule is O=C(COc1ccc(N2CCCC2)nn1)NCC1CCCN(c2ncccn2)C1. The monoisotopic (exact) mass is 397 g/mol. The quantitative estimate of drug-likeness (QED) is 0.746. The molecule has 0 aliphatic carbocycles. The van der Waals surface area contributed by atoms with Crippen LogP contribution in [-0.2, 0) is 4.79 Å². The number of ether oxygens (including phenoxy) is 1. The molecule has 9 heteroatoms. The molecule has 0 spiro atoms. The molecule has 1 unspecified atom stereocenters. The first kappa shape index (κ1) is 19.4. The standard InChI is InChI=1S/C20H27N7O2/c28-18(15-29-19-7-6-17(24-25-19)26-10-1-2-11-26)23-13-16-5-3-12-27(14-16)20-21-8-4-9-22-20/h4,6-9,16H,1-3,5,10-15H2,(H,23,28). The second-order valence-electron chi connectivity index (χ2n) is 7.52. The second-order valence-corrected chi connectivity index (χ2v) is 7.52. The molecule has 1 N–H and O–H groups in total. The van der Waals surface area contributed by atoms with E-state index in [4.69, 9.17) is 4.74 Å². The number of anilines is 2. The van der Waals surface area contributed by atoms with Gasteiger partial charge in [-0.25, -0.2) is 9.97 Å². The zero-order valence-electron chi connectivity index (χ0n) is 16.5. The number of nitrogens with one attached hydrogen (secondary N) is 1. The van der Waals surface area contributed by atoms with Crippen molar-refractivity contribution in [3.05, 3.63) is 30.6 Å². The topological polar surface area (TPSA) is 96.4 Å². The van der Waals surface area contributed by atoms with Gasteiger partial charge in [0.2, 0.25) is 11.8 Å². The maximum atomic E-state index is 12.2. The van der Waals surface area contributed by atoms with E-state index in [9.17, 15) is 4.79 Å². The highest BCUT2D eigenvalue weighted by Gasteiger charge is 2.22. The number of hydrogen-bond donors (Lipinski definition) is 1. The average molecular weight is 397 g/mol. The number of amides is 1. The van der Waals surface area contributed by atoms with Crippen molar-refractivity contribution in [2.75, 3.05) is 49.1 Å². The summed E-state index contributed by atoms with van der Waals surface area (Å²) in [5.74, 6) is 2.21. The van der Waals surface area contributed by atoms with Crippen LogP contribution in [0.15, 0.2) is 30.6 Å². The van der Waals surface area contributed by atoms with Gasteiger partial charge in [0.1, 0.15) is 0 Å². The summed E-state index contributed by atoms with van der Waals surface area (Å²) in [6.07, 6.45) is 8.04. The van der Waals surface area contributed by atoms with Crippen LogP contribution in [0.25, 0.3) is 0 Å². The summed E-state index contributed by atoms with van der Waals surface area (Å²) >= 11 is 0. The third-order valence-electron chi connectivity index (χ3n) is 5.35. The van der Waals surface area contributed by atoms with Crippen molar-refractivity contribution < 1.29 is 9.53 Å². The highest BCUT2D eigenvalue weighted by atomic mass is 16.5. The van der Waals surface area contributed by atoms with Gasteiger partial charge in [-0.05, 0) is 43.7 Å². The molecule has 1 atom stereocenters. The summed E-state index contributed by atoms with van der Waals surface area (Å²) in [4.78, 5) is 25.2. The van der Waals surface area contributed by atoms with Gasteiger partial charge in [0.15, 0.2) is 12.4 Å². The van der Waals surface area contributed by atoms with Crippen LogP contribution in [0.1, 0.15) is 25.7 Å². The zero-order valence-corrected chi connectivity index (χ0v) is 16.5. The van der Waals surface area contributed by atoms with E-state index in [1.807, 2.05) is 12.1 Å². The number of hydrogen-bond acceptors (Lipinski definition) is 8. The number of carbonyl (C=O) groups is 1. The minimum atomic E-state index is -0.150. The summed E-state index contributed by atoms with van der Waals surface area (Å²) in [7, 11) is 0. The van der Waals surface area contributed by atoms with E-state index >= 15 is 0 Å². The van der Waals surface area contributed by atoms with Gasteiger partial charge in [-0.1, -0.05) is 0 Å². The third kappa shape index (κ3) is 5.30.